The van der Waals surface area contributed by atoms with Gasteiger partial charge in [-0.25, -0.2) is 9.48 Å². The average molecular weight is 472 g/mol. The largest absolute Gasteiger partial charge is 0.372 e. The van der Waals surface area contributed by atoms with Crippen LogP contribution in [-0.2, 0) is 24.2 Å². The third-order valence-corrected chi connectivity index (χ3v) is 6.53. The second kappa shape index (κ2) is 11.7. The van der Waals surface area contributed by atoms with Crippen LogP contribution in [0.25, 0.3) is 0 Å². The first-order valence-electron chi connectivity index (χ1n) is 12.0. The Labute approximate surface area is 200 Å². The van der Waals surface area contributed by atoms with Crippen molar-refractivity contribution in [2.45, 2.75) is 45.4 Å². The highest BCUT2D eigenvalue weighted by atomic mass is 35.5. The normalized spacial score (nSPS) is 18.8. The van der Waals surface area contributed by atoms with Crippen molar-refractivity contribution in [3.8, 4) is 0 Å². The standard InChI is InChI=1S/C25H34ClN5O2/c1-2-24-27-31(25(32)30(24)18-19-33-23-10-4-3-5-11-23)13-7-12-28-14-16-29(17-15-28)22-9-6-8-21(26)20-22/h3-6,8-10,20,23H,2,7,11-19H2,1H3. The average Bonchev–Trinajstić information content (AvgIpc) is 3.15. The van der Waals surface area contributed by atoms with Crippen LogP contribution in [0.15, 0.2) is 53.4 Å². The van der Waals surface area contributed by atoms with Crippen LogP contribution in [0.2, 0.25) is 5.02 Å². The number of benzene rings is 1. The fraction of sp³-hybridized carbons (Fsp3) is 0.520. The molecule has 33 heavy (non-hydrogen) atoms. The van der Waals surface area contributed by atoms with Gasteiger partial charge in [0.25, 0.3) is 0 Å². The highest BCUT2D eigenvalue weighted by Crippen LogP contribution is 2.20. The molecule has 0 N–H and O–H groups in total. The van der Waals surface area contributed by atoms with Crippen molar-refractivity contribution in [3.05, 3.63) is 69.9 Å². The lowest BCUT2D eigenvalue weighted by molar-refractivity contribution is 0.0791. The van der Waals surface area contributed by atoms with Crippen molar-refractivity contribution in [3.63, 3.8) is 0 Å². The van der Waals surface area contributed by atoms with Crippen LogP contribution in [0.3, 0.4) is 0 Å². The van der Waals surface area contributed by atoms with Gasteiger partial charge in [0.15, 0.2) is 0 Å². The zero-order valence-corrected chi connectivity index (χ0v) is 20.2. The lowest BCUT2D eigenvalue weighted by Gasteiger charge is -2.36. The summed E-state index contributed by atoms with van der Waals surface area (Å²) in [5, 5.41) is 5.36. The van der Waals surface area contributed by atoms with Crippen molar-refractivity contribution >= 4 is 17.3 Å². The third-order valence-electron chi connectivity index (χ3n) is 6.29. The van der Waals surface area contributed by atoms with Crippen LogP contribution in [0.1, 0.15) is 25.6 Å². The molecular formula is C25H34ClN5O2. The van der Waals surface area contributed by atoms with Gasteiger partial charge in [0.05, 0.1) is 19.3 Å². The minimum Gasteiger partial charge on any atom is -0.372 e. The summed E-state index contributed by atoms with van der Waals surface area (Å²) in [6.45, 7) is 8.70. The number of rotatable bonds is 10. The molecule has 0 bridgehead atoms. The number of aryl methyl sites for hydroxylation is 2. The van der Waals surface area contributed by atoms with Gasteiger partial charge in [0, 0.05) is 56.4 Å². The zero-order chi connectivity index (χ0) is 23.0. The summed E-state index contributed by atoms with van der Waals surface area (Å²) in [6, 6.07) is 8.05. The van der Waals surface area contributed by atoms with E-state index < -0.39 is 0 Å². The molecular weight excluding hydrogens is 438 g/mol. The molecule has 2 aliphatic rings. The molecule has 1 aromatic carbocycles. The first kappa shape index (κ1) is 23.8. The van der Waals surface area contributed by atoms with E-state index in [0.717, 1.165) is 62.8 Å². The highest BCUT2D eigenvalue weighted by molar-refractivity contribution is 6.30. The molecule has 2 heterocycles. The number of anilines is 1. The maximum atomic E-state index is 12.9. The van der Waals surface area contributed by atoms with Crippen LogP contribution in [-0.4, -0.2) is 64.7 Å². The lowest BCUT2D eigenvalue weighted by atomic mass is 10.1. The third kappa shape index (κ3) is 6.37. The van der Waals surface area contributed by atoms with Crippen molar-refractivity contribution < 1.29 is 4.74 Å². The number of ether oxygens (including phenoxy) is 1. The van der Waals surface area contributed by atoms with Gasteiger partial charge >= 0.3 is 5.69 Å². The number of halogens is 1. The van der Waals surface area contributed by atoms with Crippen LogP contribution < -0.4 is 10.6 Å². The van der Waals surface area contributed by atoms with Crippen molar-refractivity contribution in [2.75, 3.05) is 44.2 Å². The summed E-state index contributed by atoms with van der Waals surface area (Å²) in [5.74, 6) is 0.831. The molecule has 7 nitrogen and oxygen atoms in total. The van der Waals surface area contributed by atoms with E-state index in [1.807, 2.05) is 37.3 Å². The van der Waals surface area contributed by atoms with Crippen LogP contribution >= 0.6 is 11.6 Å². The monoisotopic (exact) mass is 471 g/mol. The Hall–Kier alpha value is -2.35. The van der Waals surface area contributed by atoms with Gasteiger partial charge in [-0.15, -0.1) is 0 Å². The van der Waals surface area contributed by atoms with Gasteiger partial charge in [-0.05, 0) is 31.0 Å². The first-order valence-corrected chi connectivity index (χ1v) is 12.4. The fourth-order valence-electron chi connectivity index (χ4n) is 4.44. The van der Waals surface area contributed by atoms with Crippen LogP contribution in [0.5, 0.6) is 0 Å². The number of allylic oxidation sites excluding steroid dienone is 2. The molecule has 1 aromatic heterocycles. The van der Waals surface area contributed by atoms with Gasteiger partial charge < -0.3 is 9.64 Å². The van der Waals surface area contributed by atoms with Crippen LogP contribution in [0.4, 0.5) is 5.69 Å². The van der Waals surface area contributed by atoms with Gasteiger partial charge in [0.2, 0.25) is 0 Å². The number of hydrogen-bond donors (Lipinski definition) is 0. The molecule has 1 aliphatic heterocycles. The Bertz CT molecular complexity index is 1020. The van der Waals surface area contributed by atoms with Gasteiger partial charge in [-0.1, -0.05) is 48.9 Å². The van der Waals surface area contributed by atoms with E-state index in [9.17, 15) is 4.79 Å². The van der Waals surface area contributed by atoms with E-state index in [1.54, 1.807) is 9.25 Å². The Morgan fingerprint density at radius 1 is 1.12 bits per heavy atom. The SMILES string of the molecule is CCc1nn(CCCN2CCN(c3cccc(Cl)c3)CC2)c(=O)n1CCOC1C=CC=CC1. The van der Waals surface area contributed by atoms with Crippen molar-refractivity contribution in [1.82, 2.24) is 19.2 Å². The number of aromatic nitrogens is 3. The van der Waals surface area contributed by atoms with Crippen molar-refractivity contribution in [1.29, 1.82) is 0 Å². The van der Waals surface area contributed by atoms with Gasteiger partial charge in [0.1, 0.15) is 5.82 Å². The quantitative estimate of drug-likeness (QED) is 0.531. The molecule has 1 aliphatic carbocycles. The Morgan fingerprint density at radius 2 is 1.97 bits per heavy atom. The molecule has 4 rings (SSSR count). The number of piperazine rings is 1. The zero-order valence-electron chi connectivity index (χ0n) is 19.4. The highest BCUT2D eigenvalue weighted by Gasteiger charge is 2.18. The number of hydrogen-bond acceptors (Lipinski definition) is 5. The van der Waals surface area contributed by atoms with E-state index in [1.165, 1.54) is 5.69 Å². The summed E-state index contributed by atoms with van der Waals surface area (Å²) in [7, 11) is 0. The number of nitrogens with zero attached hydrogens (tertiary/aromatic N) is 5. The maximum Gasteiger partial charge on any atom is 0.345 e. The van der Waals surface area contributed by atoms with E-state index in [0.29, 0.717) is 19.7 Å². The molecule has 0 saturated carbocycles. The predicted octanol–water partition coefficient (Wildman–Crippen LogP) is 3.37. The van der Waals surface area contributed by atoms with E-state index in [2.05, 4.69) is 33.1 Å². The molecule has 0 amide bonds. The van der Waals surface area contributed by atoms with E-state index in [4.69, 9.17) is 16.3 Å². The second-order valence-electron chi connectivity index (χ2n) is 8.55. The smallest absolute Gasteiger partial charge is 0.345 e. The fourth-order valence-corrected chi connectivity index (χ4v) is 4.63. The summed E-state index contributed by atoms with van der Waals surface area (Å²) >= 11 is 6.13. The molecule has 178 valence electrons. The molecule has 8 heteroatoms. The molecule has 1 saturated heterocycles. The van der Waals surface area contributed by atoms with Crippen LogP contribution in [0, 0.1) is 0 Å². The maximum absolute atomic E-state index is 12.9. The summed E-state index contributed by atoms with van der Waals surface area (Å²) in [4.78, 5) is 17.7. The van der Waals surface area contributed by atoms with Gasteiger partial charge in [-0.2, -0.15) is 5.10 Å². The first-order chi connectivity index (χ1) is 16.1. The molecule has 0 spiro atoms. The molecule has 0 radical (unpaired) electrons. The summed E-state index contributed by atoms with van der Waals surface area (Å²) in [5.41, 5.74) is 1.16. The molecule has 2 aromatic rings. The minimum absolute atomic E-state index is 0.0275. The van der Waals surface area contributed by atoms with E-state index in [-0.39, 0.29) is 11.8 Å². The van der Waals surface area contributed by atoms with Gasteiger partial charge in [-0.3, -0.25) is 9.47 Å². The topological polar surface area (TPSA) is 55.5 Å². The predicted molar refractivity (Wildman–Crippen MR) is 133 cm³/mol. The summed E-state index contributed by atoms with van der Waals surface area (Å²) < 4.78 is 9.30. The molecule has 1 fully saturated rings. The Kier molecular flexibility index (Phi) is 8.42. The lowest BCUT2D eigenvalue weighted by Crippen LogP contribution is -2.46. The Morgan fingerprint density at radius 3 is 2.70 bits per heavy atom. The summed E-state index contributed by atoms with van der Waals surface area (Å²) in [6.07, 6.45) is 10.8. The second-order valence-corrected chi connectivity index (χ2v) is 8.98. The van der Waals surface area contributed by atoms with Crippen molar-refractivity contribution in [2.24, 2.45) is 0 Å². The Balaban J connectivity index is 1.23. The molecule has 1 atom stereocenters. The minimum atomic E-state index is -0.0275. The van der Waals surface area contributed by atoms with E-state index >= 15 is 0 Å². The molecule has 1 unspecified atom stereocenters.